The number of nitrogens with zero attached hydrogens (tertiary/aromatic N) is 1. The molecule has 2 nitrogen and oxygen atoms in total. The Morgan fingerprint density at radius 2 is 2.25 bits per heavy atom. The minimum atomic E-state index is 0.178. The van der Waals surface area contributed by atoms with Gasteiger partial charge in [0.25, 0.3) is 0 Å². The molecule has 1 heterocycles. The maximum absolute atomic E-state index is 11.3. The predicted octanol–water partition coefficient (Wildman–Crippen LogP) is 1.56. The molecule has 1 amide bonds. The van der Waals surface area contributed by atoms with Gasteiger partial charge in [-0.2, -0.15) is 12.6 Å². The molecule has 0 saturated carbocycles. The van der Waals surface area contributed by atoms with Crippen LogP contribution in [-0.4, -0.2) is 29.1 Å². The molecular formula is C9H17NOS. The molecule has 0 aromatic heterocycles. The van der Waals surface area contributed by atoms with Gasteiger partial charge in [-0.1, -0.05) is 6.92 Å². The van der Waals surface area contributed by atoms with Gasteiger partial charge in [-0.3, -0.25) is 4.79 Å². The Hall–Kier alpha value is -0.180. The summed E-state index contributed by atoms with van der Waals surface area (Å²) < 4.78 is 0. The standard InChI is InChI=1S/C9H17NOS/c1-7-3-4-10(8(2)5-7)9(11)6-12/h7-8,12H,3-6H2,1-2H3. The second kappa shape index (κ2) is 4.17. The number of rotatable bonds is 1. The van der Waals surface area contributed by atoms with E-state index in [0.29, 0.717) is 11.8 Å². The smallest absolute Gasteiger partial charge is 0.232 e. The average molecular weight is 187 g/mol. The Kier molecular flexibility index (Phi) is 3.44. The van der Waals surface area contributed by atoms with Crippen LogP contribution in [0.5, 0.6) is 0 Å². The van der Waals surface area contributed by atoms with Crippen LogP contribution in [-0.2, 0) is 4.79 Å². The second-order valence-corrected chi connectivity index (χ2v) is 4.04. The lowest BCUT2D eigenvalue weighted by Gasteiger charge is -2.36. The van der Waals surface area contributed by atoms with Gasteiger partial charge in [0.05, 0.1) is 5.75 Å². The lowest BCUT2D eigenvalue weighted by Crippen LogP contribution is -2.44. The zero-order valence-electron chi connectivity index (χ0n) is 7.79. The van der Waals surface area contributed by atoms with Gasteiger partial charge >= 0.3 is 0 Å². The lowest BCUT2D eigenvalue weighted by molar-refractivity contribution is -0.132. The van der Waals surface area contributed by atoms with Crippen molar-refractivity contribution in [2.45, 2.75) is 32.7 Å². The molecular weight excluding hydrogens is 170 g/mol. The van der Waals surface area contributed by atoms with E-state index in [1.807, 2.05) is 4.90 Å². The number of carbonyl (C=O) groups is 1. The van der Waals surface area contributed by atoms with E-state index in [1.54, 1.807) is 0 Å². The number of hydrogen-bond donors (Lipinski definition) is 1. The maximum Gasteiger partial charge on any atom is 0.232 e. The summed E-state index contributed by atoms with van der Waals surface area (Å²) in [5.74, 6) is 1.29. The first-order valence-electron chi connectivity index (χ1n) is 4.55. The molecule has 70 valence electrons. The minimum Gasteiger partial charge on any atom is -0.339 e. The summed E-state index contributed by atoms with van der Waals surface area (Å²) in [7, 11) is 0. The van der Waals surface area contributed by atoms with E-state index in [4.69, 9.17) is 0 Å². The Bertz CT molecular complexity index is 172. The van der Waals surface area contributed by atoms with E-state index in [0.717, 1.165) is 25.3 Å². The fourth-order valence-electron chi connectivity index (χ4n) is 1.87. The molecule has 1 aliphatic heterocycles. The second-order valence-electron chi connectivity index (χ2n) is 3.72. The highest BCUT2D eigenvalue weighted by molar-refractivity contribution is 7.81. The summed E-state index contributed by atoms with van der Waals surface area (Å²) in [6, 6.07) is 0.411. The third-order valence-electron chi connectivity index (χ3n) is 2.59. The van der Waals surface area contributed by atoms with E-state index >= 15 is 0 Å². The predicted molar refractivity (Wildman–Crippen MR) is 53.4 cm³/mol. The SMILES string of the molecule is CC1CCN(C(=O)CS)C(C)C1. The quantitative estimate of drug-likeness (QED) is 0.618. The van der Waals surface area contributed by atoms with Crippen LogP contribution in [0.4, 0.5) is 0 Å². The third-order valence-corrected chi connectivity index (χ3v) is 2.86. The molecule has 0 N–H and O–H groups in total. The van der Waals surface area contributed by atoms with E-state index < -0.39 is 0 Å². The van der Waals surface area contributed by atoms with Crippen LogP contribution in [0.25, 0.3) is 0 Å². The van der Waals surface area contributed by atoms with Crippen LogP contribution >= 0.6 is 12.6 Å². The summed E-state index contributed by atoms with van der Waals surface area (Å²) in [4.78, 5) is 13.3. The summed E-state index contributed by atoms with van der Waals surface area (Å²) in [6.45, 7) is 5.29. The number of carbonyl (C=O) groups excluding carboxylic acids is 1. The first-order valence-corrected chi connectivity index (χ1v) is 5.18. The van der Waals surface area contributed by atoms with E-state index in [-0.39, 0.29) is 5.91 Å². The molecule has 1 saturated heterocycles. The monoisotopic (exact) mass is 187 g/mol. The largest absolute Gasteiger partial charge is 0.339 e. The fourth-order valence-corrected chi connectivity index (χ4v) is 2.05. The Labute approximate surface area is 79.7 Å². The Morgan fingerprint density at radius 3 is 2.75 bits per heavy atom. The Morgan fingerprint density at radius 1 is 1.58 bits per heavy atom. The summed E-state index contributed by atoms with van der Waals surface area (Å²) >= 11 is 4.00. The van der Waals surface area contributed by atoms with Crippen molar-refractivity contribution in [3.8, 4) is 0 Å². The van der Waals surface area contributed by atoms with Gasteiger partial charge in [-0.15, -0.1) is 0 Å². The number of likely N-dealkylation sites (tertiary alicyclic amines) is 1. The van der Waals surface area contributed by atoms with Gasteiger partial charge in [-0.05, 0) is 25.7 Å². The first-order chi connectivity index (χ1) is 5.65. The van der Waals surface area contributed by atoms with Crippen molar-refractivity contribution in [3.05, 3.63) is 0 Å². The third kappa shape index (κ3) is 2.16. The first kappa shape index (κ1) is 9.90. The molecule has 0 bridgehead atoms. The van der Waals surface area contributed by atoms with Crippen LogP contribution in [0, 0.1) is 5.92 Å². The minimum absolute atomic E-state index is 0.178. The van der Waals surface area contributed by atoms with Crippen LogP contribution in [0.3, 0.4) is 0 Å². The number of amides is 1. The summed E-state index contributed by atoms with van der Waals surface area (Å²) in [6.07, 6.45) is 2.28. The highest BCUT2D eigenvalue weighted by Gasteiger charge is 2.25. The molecule has 2 unspecified atom stereocenters. The van der Waals surface area contributed by atoms with Crippen LogP contribution in [0.2, 0.25) is 0 Å². The van der Waals surface area contributed by atoms with Gasteiger partial charge in [0.2, 0.25) is 5.91 Å². The fraction of sp³-hybridized carbons (Fsp3) is 0.889. The van der Waals surface area contributed by atoms with Crippen LogP contribution in [0.15, 0.2) is 0 Å². The van der Waals surface area contributed by atoms with E-state index in [2.05, 4.69) is 26.5 Å². The van der Waals surface area contributed by atoms with Crippen molar-refractivity contribution >= 4 is 18.5 Å². The van der Waals surface area contributed by atoms with Crippen molar-refractivity contribution in [2.75, 3.05) is 12.3 Å². The highest BCUT2D eigenvalue weighted by atomic mass is 32.1. The summed E-state index contributed by atoms with van der Waals surface area (Å²) in [5, 5.41) is 0. The number of thiol groups is 1. The van der Waals surface area contributed by atoms with Gasteiger partial charge in [0.15, 0.2) is 0 Å². The molecule has 1 fully saturated rings. The van der Waals surface area contributed by atoms with Crippen molar-refractivity contribution in [1.82, 2.24) is 4.90 Å². The zero-order valence-corrected chi connectivity index (χ0v) is 8.68. The molecule has 12 heavy (non-hydrogen) atoms. The molecule has 1 aliphatic rings. The molecule has 0 aromatic carbocycles. The molecule has 0 spiro atoms. The van der Waals surface area contributed by atoms with Crippen molar-refractivity contribution in [1.29, 1.82) is 0 Å². The summed E-state index contributed by atoms with van der Waals surface area (Å²) in [5.41, 5.74) is 0. The number of hydrogen-bond acceptors (Lipinski definition) is 2. The highest BCUT2D eigenvalue weighted by Crippen LogP contribution is 2.21. The maximum atomic E-state index is 11.3. The molecule has 0 aliphatic carbocycles. The van der Waals surface area contributed by atoms with Crippen molar-refractivity contribution in [2.24, 2.45) is 5.92 Å². The van der Waals surface area contributed by atoms with E-state index in [9.17, 15) is 4.79 Å². The van der Waals surface area contributed by atoms with E-state index in [1.165, 1.54) is 0 Å². The Balaban J connectivity index is 2.50. The molecule has 3 heteroatoms. The van der Waals surface area contributed by atoms with Gasteiger partial charge in [0.1, 0.15) is 0 Å². The molecule has 0 radical (unpaired) electrons. The van der Waals surface area contributed by atoms with Crippen LogP contribution < -0.4 is 0 Å². The van der Waals surface area contributed by atoms with Gasteiger partial charge in [0, 0.05) is 12.6 Å². The molecule has 1 rings (SSSR count). The molecule has 2 atom stereocenters. The zero-order chi connectivity index (χ0) is 9.14. The normalized spacial score (nSPS) is 30.4. The number of piperidine rings is 1. The van der Waals surface area contributed by atoms with Crippen LogP contribution in [0.1, 0.15) is 26.7 Å². The van der Waals surface area contributed by atoms with Crippen molar-refractivity contribution < 1.29 is 4.79 Å². The van der Waals surface area contributed by atoms with Gasteiger partial charge in [-0.25, -0.2) is 0 Å². The topological polar surface area (TPSA) is 20.3 Å². The average Bonchev–Trinajstić information content (AvgIpc) is 2.03. The molecule has 0 aromatic rings. The van der Waals surface area contributed by atoms with Crippen molar-refractivity contribution in [3.63, 3.8) is 0 Å². The lowest BCUT2D eigenvalue weighted by atomic mass is 9.93. The van der Waals surface area contributed by atoms with Gasteiger partial charge < -0.3 is 4.90 Å².